The van der Waals surface area contributed by atoms with E-state index < -0.39 is 16.9 Å². The number of ether oxygens (including phenoxy) is 2. The number of non-ortho nitro benzene ring substituents is 1. The number of allylic oxidation sites excluding steroid dienone is 1. The number of methoxy groups -OCH3 is 1. The molecule has 31 heavy (non-hydrogen) atoms. The lowest BCUT2D eigenvalue weighted by Crippen LogP contribution is -2.47. The molecule has 2 aromatic rings. The van der Waals surface area contributed by atoms with Gasteiger partial charge in [0.15, 0.2) is 0 Å². The maximum atomic E-state index is 12.5. The summed E-state index contributed by atoms with van der Waals surface area (Å²) < 4.78 is 10.8. The topological polar surface area (TPSA) is 111 Å². The number of hydrogen-bond donors (Lipinski definition) is 1. The number of hydrogen-bond acceptors (Lipinski definition) is 6. The lowest BCUT2D eigenvalue weighted by Gasteiger charge is -2.34. The van der Waals surface area contributed by atoms with Crippen LogP contribution >= 0.6 is 0 Å². The maximum absolute atomic E-state index is 12.5. The van der Waals surface area contributed by atoms with E-state index in [0.717, 1.165) is 5.56 Å². The molecule has 1 aliphatic heterocycles. The van der Waals surface area contributed by atoms with Crippen LogP contribution in [0.4, 0.5) is 10.5 Å². The molecule has 1 heterocycles. The first kappa shape index (κ1) is 21.8. The van der Waals surface area contributed by atoms with E-state index in [4.69, 9.17) is 9.47 Å². The van der Waals surface area contributed by atoms with Crippen LogP contribution in [0.15, 0.2) is 59.8 Å². The summed E-state index contributed by atoms with van der Waals surface area (Å²) in [5, 5.41) is 13.6. The number of carbonyl (C=O) groups is 2. The van der Waals surface area contributed by atoms with Gasteiger partial charge < -0.3 is 14.8 Å². The van der Waals surface area contributed by atoms with Gasteiger partial charge in [-0.15, -0.1) is 0 Å². The van der Waals surface area contributed by atoms with Crippen molar-refractivity contribution in [1.29, 1.82) is 0 Å². The predicted octanol–water partition coefficient (Wildman–Crippen LogP) is 3.71. The summed E-state index contributed by atoms with van der Waals surface area (Å²) in [5.41, 5.74) is 2.35. The Morgan fingerprint density at radius 2 is 1.94 bits per heavy atom. The molecule has 1 aliphatic rings. The zero-order valence-electron chi connectivity index (χ0n) is 17.5. The molecule has 0 spiro atoms. The van der Waals surface area contributed by atoms with E-state index >= 15 is 0 Å². The molecule has 0 saturated heterocycles. The van der Waals surface area contributed by atoms with Crippen molar-refractivity contribution in [3.05, 3.63) is 81.0 Å². The second-order valence-corrected chi connectivity index (χ2v) is 6.90. The van der Waals surface area contributed by atoms with Crippen LogP contribution in [-0.2, 0) is 16.1 Å². The molecular weight excluding hydrogens is 402 g/mol. The van der Waals surface area contributed by atoms with Crippen molar-refractivity contribution in [2.45, 2.75) is 26.5 Å². The van der Waals surface area contributed by atoms with Crippen molar-refractivity contribution in [3.8, 4) is 5.75 Å². The third-order valence-electron chi connectivity index (χ3n) is 5.06. The molecule has 2 amide bonds. The summed E-state index contributed by atoms with van der Waals surface area (Å²) in [5.74, 6) is 0.0167. The molecule has 3 rings (SSSR count). The number of nitrogens with zero attached hydrogens (tertiary/aromatic N) is 2. The van der Waals surface area contributed by atoms with E-state index in [-0.39, 0.29) is 18.3 Å². The number of carbonyl (C=O) groups excluding carboxylic acids is 2. The minimum absolute atomic E-state index is 0.0115. The zero-order valence-corrected chi connectivity index (χ0v) is 17.5. The standard InChI is InChI=1S/C22H23N3O6/c1-4-24-14(2)19(21(26)30-3)20(23-22(24)27)16-6-5-7-18(12-16)31-13-15-8-10-17(11-9-15)25(28)29/h5-12,20H,4,13H2,1-3H3,(H,23,27). The largest absolute Gasteiger partial charge is 0.489 e. The number of esters is 1. The number of rotatable bonds is 7. The van der Waals surface area contributed by atoms with Crippen LogP contribution < -0.4 is 10.1 Å². The van der Waals surface area contributed by atoms with E-state index in [0.29, 0.717) is 29.1 Å². The number of benzene rings is 2. The number of nitro groups is 1. The summed E-state index contributed by atoms with van der Waals surface area (Å²) in [6.07, 6.45) is 0. The second kappa shape index (κ2) is 9.29. The highest BCUT2D eigenvalue weighted by Crippen LogP contribution is 2.32. The van der Waals surface area contributed by atoms with Crippen LogP contribution in [0.1, 0.15) is 31.0 Å². The molecule has 1 N–H and O–H groups in total. The fraction of sp³-hybridized carbons (Fsp3) is 0.273. The molecule has 9 heteroatoms. The van der Waals surface area contributed by atoms with E-state index in [1.54, 1.807) is 43.3 Å². The van der Waals surface area contributed by atoms with Crippen LogP contribution in [0.5, 0.6) is 5.75 Å². The summed E-state index contributed by atoms with van der Waals surface area (Å²) in [6.45, 7) is 4.17. The van der Waals surface area contributed by atoms with Crippen molar-refractivity contribution in [3.63, 3.8) is 0 Å². The number of amides is 2. The van der Waals surface area contributed by atoms with Gasteiger partial charge in [-0.1, -0.05) is 12.1 Å². The minimum Gasteiger partial charge on any atom is -0.489 e. The van der Waals surface area contributed by atoms with Gasteiger partial charge in [0.25, 0.3) is 5.69 Å². The maximum Gasteiger partial charge on any atom is 0.337 e. The van der Waals surface area contributed by atoms with Crippen LogP contribution in [-0.4, -0.2) is 35.5 Å². The Balaban J connectivity index is 1.84. The minimum atomic E-state index is -0.675. The quantitative estimate of drug-likeness (QED) is 0.411. The molecule has 162 valence electrons. The van der Waals surface area contributed by atoms with E-state index in [9.17, 15) is 19.7 Å². The van der Waals surface area contributed by atoms with E-state index in [1.807, 2.05) is 6.92 Å². The molecule has 2 aromatic carbocycles. The predicted molar refractivity (Wildman–Crippen MR) is 112 cm³/mol. The Morgan fingerprint density at radius 3 is 2.55 bits per heavy atom. The summed E-state index contributed by atoms with van der Waals surface area (Å²) in [4.78, 5) is 36.8. The van der Waals surface area contributed by atoms with Gasteiger partial charge in [0.1, 0.15) is 12.4 Å². The van der Waals surface area contributed by atoms with E-state index in [1.165, 1.54) is 24.1 Å². The Bertz CT molecular complexity index is 1030. The number of nitrogens with one attached hydrogen (secondary N) is 1. The first-order chi connectivity index (χ1) is 14.8. The third-order valence-corrected chi connectivity index (χ3v) is 5.06. The highest BCUT2D eigenvalue weighted by atomic mass is 16.6. The van der Waals surface area contributed by atoms with E-state index in [2.05, 4.69) is 5.32 Å². The fourth-order valence-electron chi connectivity index (χ4n) is 3.45. The molecule has 1 unspecified atom stereocenters. The lowest BCUT2D eigenvalue weighted by atomic mass is 9.94. The highest BCUT2D eigenvalue weighted by molar-refractivity contribution is 5.95. The highest BCUT2D eigenvalue weighted by Gasteiger charge is 2.35. The van der Waals surface area contributed by atoms with Crippen LogP contribution in [0.25, 0.3) is 0 Å². The van der Waals surface area contributed by atoms with Crippen LogP contribution in [0, 0.1) is 10.1 Å². The van der Waals surface area contributed by atoms with Gasteiger partial charge in [-0.2, -0.15) is 0 Å². The van der Waals surface area contributed by atoms with Crippen molar-refractivity contribution in [2.24, 2.45) is 0 Å². The van der Waals surface area contributed by atoms with Gasteiger partial charge in [0.05, 0.1) is 23.6 Å². The first-order valence-corrected chi connectivity index (χ1v) is 9.69. The number of nitro benzene ring substituents is 1. The molecule has 9 nitrogen and oxygen atoms in total. The van der Waals surface area contributed by atoms with Crippen molar-refractivity contribution >= 4 is 17.7 Å². The van der Waals surface area contributed by atoms with Crippen LogP contribution in [0.2, 0.25) is 0 Å². The molecular formula is C22H23N3O6. The molecule has 0 saturated carbocycles. The molecule has 1 atom stereocenters. The number of urea groups is 1. The smallest absolute Gasteiger partial charge is 0.337 e. The average Bonchev–Trinajstić information content (AvgIpc) is 2.77. The summed E-state index contributed by atoms with van der Waals surface area (Å²) in [6, 6.07) is 12.2. The fourth-order valence-corrected chi connectivity index (χ4v) is 3.45. The Labute approximate surface area is 179 Å². The van der Waals surface area contributed by atoms with Gasteiger partial charge in [0, 0.05) is 24.4 Å². The Morgan fingerprint density at radius 1 is 1.23 bits per heavy atom. The SMILES string of the molecule is CCN1C(=O)NC(c2cccc(OCc3ccc([N+](=O)[O-])cc3)c2)C(C(=O)OC)=C1C. The average molecular weight is 425 g/mol. The van der Waals surface area contributed by atoms with Crippen LogP contribution in [0.3, 0.4) is 0 Å². The monoisotopic (exact) mass is 425 g/mol. The summed E-state index contributed by atoms with van der Waals surface area (Å²) in [7, 11) is 1.30. The molecule has 0 aliphatic carbocycles. The molecule has 0 radical (unpaired) electrons. The second-order valence-electron chi connectivity index (χ2n) is 6.90. The van der Waals surface area contributed by atoms with Crippen molar-refractivity contribution in [1.82, 2.24) is 10.2 Å². The third kappa shape index (κ3) is 4.66. The lowest BCUT2D eigenvalue weighted by molar-refractivity contribution is -0.384. The zero-order chi connectivity index (χ0) is 22.5. The van der Waals surface area contributed by atoms with Gasteiger partial charge in [-0.05, 0) is 49.2 Å². The van der Waals surface area contributed by atoms with Crippen molar-refractivity contribution < 1.29 is 24.0 Å². The normalized spacial score (nSPS) is 16.0. The van der Waals surface area contributed by atoms with Crippen molar-refractivity contribution in [2.75, 3.05) is 13.7 Å². The molecule has 0 bridgehead atoms. The Hall–Kier alpha value is -3.88. The van der Waals surface area contributed by atoms with Gasteiger partial charge >= 0.3 is 12.0 Å². The van der Waals surface area contributed by atoms with Gasteiger partial charge in [-0.25, -0.2) is 9.59 Å². The Kier molecular flexibility index (Phi) is 6.54. The summed E-state index contributed by atoms with van der Waals surface area (Å²) >= 11 is 0. The van der Waals surface area contributed by atoms with Gasteiger partial charge in [-0.3, -0.25) is 15.0 Å². The first-order valence-electron chi connectivity index (χ1n) is 9.69. The molecule has 0 fully saturated rings. The van der Waals surface area contributed by atoms with Gasteiger partial charge in [0.2, 0.25) is 0 Å². The molecule has 0 aromatic heterocycles.